The van der Waals surface area contributed by atoms with Gasteiger partial charge in [0.15, 0.2) is 11.5 Å². The number of benzene rings is 3. The van der Waals surface area contributed by atoms with Crippen molar-refractivity contribution in [3.05, 3.63) is 96.9 Å². The minimum Gasteiger partial charge on any atom is -0.490 e. The number of ether oxygens (including phenoxy) is 2. The van der Waals surface area contributed by atoms with Crippen LogP contribution in [-0.2, 0) is 12.0 Å². The summed E-state index contributed by atoms with van der Waals surface area (Å²) in [4.78, 5) is 18.1. The molecule has 36 heavy (non-hydrogen) atoms. The highest BCUT2D eigenvalue weighted by Crippen LogP contribution is 2.29. The van der Waals surface area contributed by atoms with E-state index in [-0.39, 0.29) is 11.0 Å². The van der Waals surface area contributed by atoms with Crippen molar-refractivity contribution in [2.45, 2.75) is 39.7 Å². The van der Waals surface area contributed by atoms with Gasteiger partial charge in [-0.05, 0) is 66.6 Å². The molecule has 1 aromatic heterocycles. The maximum Gasteiger partial charge on any atom is 0.282 e. The van der Waals surface area contributed by atoms with Crippen LogP contribution >= 0.6 is 31.9 Å². The van der Waals surface area contributed by atoms with E-state index in [1.54, 1.807) is 12.3 Å². The smallest absolute Gasteiger partial charge is 0.282 e. The van der Waals surface area contributed by atoms with Gasteiger partial charge < -0.3 is 9.47 Å². The van der Waals surface area contributed by atoms with E-state index in [9.17, 15) is 4.79 Å². The van der Waals surface area contributed by atoms with Crippen molar-refractivity contribution in [3.8, 4) is 11.5 Å². The van der Waals surface area contributed by atoms with E-state index in [4.69, 9.17) is 14.5 Å². The molecule has 0 saturated heterocycles. The second-order valence-electron chi connectivity index (χ2n) is 9.26. The molecule has 3 aromatic carbocycles. The van der Waals surface area contributed by atoms with Crippen LogP contribution in [-0.4, -0.2) is 22.5 Å². The van der Waals surface area contributed by atoms with Crippen molar-refractivity contribution >= 4 is 49.0 Å². The van der Waals surface area contributed by atoms with Gasteiger partial charge in [-0.2, -0.15) is 9.78 Å². The average molecular weight is 613 g/mol. The maximum atomic E-state index is 13.4. The summed E-state index contributed by atoms with van der Waals surface area (Å²) in [6.45, 7) is 8.87. The minimum absolute atomic E-state index is 0.220. The second kappa shape index (κ2) is 11.0. The Labute approximate surface area is 227 Å². The number of rotatable bonds is 7. The van der Waals surface area contributed by atoms with Crippen molar-refractivity contribution < 1.29 is 9.47 Å². The first-order valence-electron chi connectivity index (χ1n) is 11.6. The number of hydrogen-bond acceptors (Lipinski definition) is 5. The van der Waals surface area contributed by atoms with Crippen LogP contribution in [0.25, 0.3) is 10.9 Å². The largest absolute Gasteiger partial charge is 0.490 e. The van der Waals surface area contributed by atoms with Crippen LogP contribution in [0.5, 0.6) is 11.5 Å². The van der Waals surface area contributed by atoms with E-state index in [1.807, 2.05) is 82.3 Å². The Balaban J connectivity index is 1.67. The first-order valence-corrected chi connectivity index (χ1v) is 13.2. The third kappa shape index (κ3) is 6.05. The Kier molecular flexibility index (Phi) is 7.95. The highest BCUT2D eigenvalue weighted by Gasteiger charge is 2.23. The lowest BCUT2D eigenvalue weighted by Crippen LogP contribution is -2.29. The molecule has 6 nitrogen and oxygen atoms in total. The van der Waals surface area contributed by atoms with Gasteiger partial charge in [0, 0.05) is 14.4 Å². The van der Waals surface area contributed by atoms with Crippen LogP contribution in [0.2, 0.25) is 0 Å². The Morgan fingerprint density at radius 3 is 2.36 bits per heavy atom. The molecule has 0 aliphatic rings. The Morgan fingerprint density at radius 1 is 0.944 bits per heavy atom. The first kappa shape index (κ1) is 26.1. The molecule has 8 heteroatoms. The minimum atomic E-state index is -0.390. The lowest BCUT2D eigenvalue weighted by atomic mass is 9.95. The summed E-state index contributed by atoms with van der Waals surface area (Å²) in [6, 6.07) is 19.1. The summed E-state index contributed by atoms with van der Waals surface area (Å²) in [5, 5.41) is 5.06. The van der Waals surface area contributed by atoms with Gasteiger partial charge in [0.1, 0.15) is 12.4 Å². The Hall–Kier alpha value is -2.97. The van der Waals surface area contributed by atoms with Crippen LogP contribution in [0.3, 0.4) is 0 Å². The molecule has 0 bridgehead atoms. The van der Waals surface area contributed by atoms with E-state index < -0.39 is 0 Å². The SMILES string of the molecule is CCOc1cc(C=Nn2c(C(C)(C)C)nc3ccc(Br)cc3c2=O)ccc1OCc1ccc(Br)cc1. The molecule has 186 valence electrons. The van der Waals surface area contributed by atoms with Gasteiger partial charge >= 0.3 is 0 Å². The molecule has 4 rings (SSSR count). The molecular weight excluding hydrogens is 586 g/mol. The number of nitrogens with zero attached hydrogens (tertiary/aromatic N) is 3. The van der Waals surface area contributed by atoms with Crippen molar-refractivity contribution in [1.29, 1.82) is 0 Å². The van der Waals surface area contributed by atoms with Crippen molar-refractivity contribution in [2.24, 2.45) is 5.10 Å². The van der Waals surface area contributed by atoms with Crippen LogP contribution < -0.4 is 15.0 Å². The topological polar surface area (TPSA) is 65.7 Å². The maximum absolute atomic E-state index is 13.4. The number of aromatic nitrogens is 2. The number of hydrogen-bond donors (Lipinski definition) is 0. The molecule has 0 aliphatic carbocycles. The van der Waals surface area contributed by atoms with Crippen LogP contribution in [0.1, 0.15) is 44.6 Å². The number of halogens is 2. The summed E-state index contributed by atoms with van der Waals surface area (Å²) in [7, 11) is 0. The average Bonchev–Trinajstić information content (AvgIpc) is 2.83. The van der Waals surface area contributed by atoms with Gasteiger partial charge in [0.2, 0.25) is 0 Å². The van der Waals surface area contributed by atoms with Gasteiger partial charge in [-0.3, -0.25) is 4.79 Å². The zero-order valence-electron chi connectivity index (χ0n) is 20.6. The zero-order valence-corrected chi connectivity index (χ0v) is 23.8. The monoisotopic (exact) mass is 611 g/mol. The molecule has 1 heterocycles. The fraction of sp³-hybridized carbons (Fsp3) is 0.250. The van der Waals surface area contributed by atoms with Crippen molar-refractivity contribution in [3.63, 3.8) is 0 Å². The molecule has 0 spiro atoms. The Morgan fingerprint density at radius 2 is 1.67 bits per heavy atom. The predicted molar refractivity (Wildman–Crippen MR) is 151 cm³/mol. The standard InChI is InChI=1S/C28H27Br2N3O3/c1-5-35-25-14-19(8-13-24(25)36-17-18-6-9-20(29)10-7-18)16-31-33-26(34)22-15-21(30)11-12-23(22)32-27(33)28(2,3)4/h6-16H,5,17H2,1-4H3. The molecule has 4 aromatic rings. The summed E-state index contributed by atoms with van der Waals surface area (Å²) in [5.41, 5.74) is 1.86. The van der Waals surface area contributed by atoms with Gasteiger partial charge in [0.25, 0.3) is 5.56 Å². The summed E-state index contributed by atoms with van der Waals surface area (Å²) < 4.78 is 15.1. The van der Waals surface area contributed by atoms with E-state index in [0.29, 0.717) is 41.4 Å². The number of fused-ring (bicyclic) bond motifs is 1. The third-order valence-corrected chi connectivity index (χ3v) is 6.40. The molecule has 0 amide bonds. The van der Waals surface area contributed by atoms with E-state index >= 15 is 0 Å². The molecular formula is C28H27Br2N3O3. The van der Waals surface area contributed by atoms with E-state index in [0.717, 1.165) is 20.1 Å². The van der Waals surface area contributed by atoms with Crippen LogP contribution in [0.15, 0.2) is 79.5 Å². The van der Waals surface area contributed by atoms with Crippen molar-refractivity contribution in [2.75, 3.05) is 6.61 Å². The lowest BCUT2D eigenvalue weighted by Gasteiger charge is -2.21. The van der Waals surface area contributed by atoms with Gasteiger partial charge in [-0.15, -0.1) is 0 Å². The third-order valence-electron chi connectivity index (χ3n) is 5.38. The predicted octanol–water partition coefficient (Wildman–Crippen LogP) is 7.08. The second-order valence-corrected chi connectivity index (χ2v) is 11.1. The van der Waals surface area contributed by atoms with Crippen molar-refractivity contribution in [1.82, 2.24) is 9.66 Å². The van der Waals surface area contributed by atoms with E-state index in [2.05, 4.69) is 37.0 Å². The first-order chi connectivity index (χ1) is 17.2. The van der Waals surface area contributed by atoms with Gasteiger partial charge in [-0.1, -0.05) is 64.8 Å². The molecule has 0 atom stereocenters. The fourth-order valence-electron chi connectivity index (χ4n) is 3.60. The Bertz CT molecular complexity index is 1470. The summed E-state index contributed by atoms with van der Waals surface area (Å²) >= 11 is 6.89. The fourth-order valence-corrected chi connectivity index (χ4v) is 4.23. The normalized spacial score (nSPS) is 11.8. The quantitative estimate of drug-likeness (QED) is 0.209. The van der Waals surface area contributed by atoms with Crippen LogP contribution in [0.4, 0.5) is 0 Å². The highest BCUT2D eigenvalue weighted by molar-refractivity contribution is 9.10. The molecule has 0 aliphatic heterocycles. The highest BCUT2D eigenvalue weighted by atomic mass is 79.9. The molecule has 0 fully saturated rings. The van der Waals surface area contributed by atoms with Gasteiger partial charge in [0.05, 0.1) is 23.7 Å². The lowest BCUT2D eigenvalue weighted by molar-refractivity contribution is 0.269. The molecule has 0 N–H and O–H groups in total. The molecule has 0 radical (unpaired) electrons. The van der Waals surface area contributed by atoms with Gasteiger partial charge in [-0.25, -0.2) is 4.98 Å². The van der Waals surface area contributed by atoms with E-state index in [1.165, 1.54) is 4.68 Å². The zero-order chi connectivity index (χ0) is 25.9. The molecule has 0 saturated carbocycles. The van der Waals surface area contributed by atoms with Crippen LogP contribution in [0, 0.1) is 0 Å². The summed E-state index contributed by atoms with van der Waals surface area (Å²) in [5.74, 6) is 1.84. The summed E-state index contributed by atoms with van der Waals surface area (Å²) in [6.07, 6.45) is 1.64. The molecule has 0 unspecified atom stereocenters.